The van der Waals surface area contributed by atoms with E-state index in [4.69, 9.17) is 20.9 Å². The second-order valence-corrected chi connectivity index (χ2v) is 15.6. The summed E-state index contributed by atoms with van der Waals surface area (Å²) in [6.45, 7) is 10.1. The Morgan fingerprint density at radius 1 is 1.17 bits per heavy atom. The van der Waals surface area contributed by atoms with Gasteiger partial charge in [0, 0.05) is 56.2 Å². The number of amides is 2. The fourth-order valence-corrected chi connectivity index (χ4v) is 8.50. The Morgan fingerprint density at radius 3 is 2.66 bits per heavy atom. The molecule has 3 fully saturated rings. The van der Waals surface area contributed by atoms with Crippen molar-refractivity contribution in [1.82, 2.24) is 24.8 Å². The van der Waals surface area contributed by atoms with Gasteiger partial charge in [-0.2, -0.15) is 9.97 Å². The first kappa shape index (κ1) is 36.2. The van der Waals surface area contributed by atoms with Crippen molar-refractivity contribution in [2.75, 3.05) is 38.2 Å². The largest absolute Gasteiger partial charge is 0.463 e. The molecule has 3 aliphatic rings. The molecule has 0 N–H and O–H groups in total. The standard InChI is InChI=1S/C40H43F3N6O4/c1-8-27-30(42)13-12-24-10-9-11-28(32(24)27)34-33(43)35-29(18-44-34)36(47(7)31-14-15-49(22(31)2)38(51)53-39(4,5)6)46-37(45-35)52-21-40-17-26(41)16-25(40)19-48(20-40)23(3)50/h1,9-13,18,22,25-26,31H,14-17,19-21H2,2-7H3/t22-,25?,26?,31-,40?/m1/s1. The highest BCUT2D eigenvalue weighted by atomic mass is 19.1. The third-order valence-electron chi connectivity index (χ3n) is 11.1. The Kier molecular flexibility index (Phi) is 9.15. The number of hydrogen-bond acceptors (Lipinski definition) is 8. The Bertz CT molecular complexity index is 2170. The van der Waals surface area contributed by atoms with Gasteiger partial charge in [0.25, 0.3) is 0 Å². The van der Waals surface area contributed by atoms with Gasteiger partial charge in [-0.05, 0) is 64.3 Å². The predicted molar refractivity (Wildman–Crippen MR) is 195 cm³/mol. The fraction of sp³-hybridized carbons (Fsp3) is 0.475. The van der Waals surface area contributed by atoms with Gasteiger partial charge in [0.1, 0.15) is 34.6 Å². The maximum Gasteiger partial charge on any atom is 0.410 e. The molecule has 278 valence electrons. The van der Waals surface area contributed by atoms with E-state index in [1.807, 2.05) is 39.6 Å². The Hall–Kier alpha value is -5.12. The number of carbonyl (C=O) groups is 2. The number of terminal acetylenes is 1. The average Bonchev–Trinajstić information content (AvgIpc) is 3.75. The van der Waals surface area contributed by atoms with Crippen LogP contribution < -0.4 is 9.64 Å². The predicted octanol–water partition coefficient (Wildman–Crippen LogP) is 6.91. The lowest BCUT2D eigenvalue weighted by Crippen LogP contribution is -2.45. The first-order valence-electron chi connectivity index (χ1n) is 17.9. The van der Waals surface area contributed by atoms with Crippen molar-refractivity contribution in [3.05, 3.63) is 53.7 Å². The van der Waals surface area contributed by atoms with E-state index in [2.05, 4.69) is 15.9 Å². The number of likely N-dealkylation sites (tertiary alicyclic amines) is 2. The summed E-state index contributed by atoms with van der Waals surface area (Å²) < 4.78 is 58.7. The van der Waals surface area contributed by atoms with E-state index < -0.39 is 34.9 Å². The lowest BCUT2D eigenvalue weighted by Gasteiger charge is -2.33. The van der Waals surface area contributed by atoms with Gasteiger partial charge >= 0.3 is 12.1 Å². The highest BCUT2D eigenvalue weighted by Crippen LogP contribution is 2.50. The summed E-state index contributed by atoms with van der Waals surface area (Å²) in [5.41, 5.74) is -1.22. The molecule has 1 saturated carbocycles. The Morgan fingerprint density at radius 2 is 1.94 bits per heavy atom. The molecule has 3 unspecified atom stereocenters. The lowest BCUT2D eigenvalue weighted by atomic mass is 9.81. The van der Waals surface area contributed by atoms with Crippen LogP contribution >= 0.6 is 0 Å². The molecule has 0 bridgehead atoms. The van der Waals surface area contributed by atoms with Crippen LogP contribution in [0.1, 0.15) is 59.4 Å². The minimum Gasteiger partial charge on any atom is -0.463 e. The lowest BCUT2D eigenvalue weighted by molar-refractivity contribution is -0.128. The van der Waals surface area contributed by atoms with E-state index in [9.17, 15) is 18.4 Å². The maximum absolute atomic E-state index is 17.0. The number of alkyl halides is 1. The van der Waals surface area contributed by atoms with Gasteiger partial charge < -0.3 is 24.2 Å². The van der Waals surface area contributed by atoms with Crippen LogP contribution in [-0.2, 0) is 9.53 Å². The second-order valence-electron chi connectivity index (χ2n) is 15.6. The van der Waals surface area contributed by atoms with E-state index >= 15 is 4.39 Å². The summed E-state index contributed by atoms with van der Waals surface area (Å²) in [7, 11) is 1.81. The zero-order valence-corrected chi connectivity index (χ0v) is 30.8. The number of hydrogen-bond donors (Lipinski definition) is 0. The number of pyridine rings is 1. The number of benzene rings is 2. The minimum atomic E-state index is -1.03. The van der Waals surface area contributed by atoms with Crippen LogP contribution in [0, 0.1) is 35.3 Å². The van der Waals surface area contributed by atoms with E-state index in [0.717, 1.165) is 0 Å². The number of anilines is 1. The van der Waals surface area contributed by atoms with Crippen LogP contribution in [0.2, 0.25) is 0 Å². The number of likely N-dealkylation sites (N-methyl/N-ethyl adjacent to an activating group) is 1. The molecule has 5 atom stereocenters. The fourth-order valence-electron chi connectivity index (χ4n) is 8.50. The third kappa shape index (κ3) is 6.46. The molecule has 7 rings (SSSR count). The van der Waals surface area contributed by atoms with Crippen molar-refractivity contribution >= 4 is 39.5 Å². The van der Waals surface area contributed by atoms with Crippen molar-refractivity contribution in [2.45, 2.75) is 77.7 Å². The van der Waals surface area contributed by atoms with Crippen LogP contribution in [0.15, 0.2) is 36.5 Å². The molecule has 13 heteroatoms. The monoisotopic (exact) mass is 728 g/mol. The number of nitrogens with zero attached hydrogens (tertiary/aromatic N) is 6. The molecule has 2 saturated heterocycles. The van der Waals surface area contributed by atoms with Crippen molar-refractivity contribution < 1.29 is 32.2 Å². The highest BCUT2D eigenvalue weighted by molar-refractivity contribution is 6.02. The summed E-state index contributed by atoms with van der Waals surface area (Å²) in [6.07, 6.45) is 6.86. The first-order valence-corrected chi connectivity index (χ1v) is 17.9. The van der Waals surface area contributed by atoms with Crippen LogP contribution in [-0.4, -0.2) is 93.9 Å². The van der Waals surface area contributed by atoms with Crippen molar-refractivity contribution in [2.24, 2.45) is 11.3 Å². The van der Waals surface area contributed by atoms with Gasteiger partial charge in [-0.15, -0.1) is 6.42 Å². The van der Waals surface area contributed by atoms with Gasteiger partial charge in [0.15, 0.2) is 5.82 Å². The molecule has 4 aromatic rings. The molecular formula is C40H43F3N6O4. The number of aromatic nitrogens is 3. The molecule has 2 aromatic carbocycles. The van der Waals surface area contributed by atoms with Crippen LogP contribution in [0.3, 0.4) is 0 Å². The zero-order valence-electron chi connectivity index (χ0n) is 30.8. The molecule has 2 aromatic heterocycles. The Balaban J connectivity index is 1.32. The Labute approximate surface area is 306 Å². The number of halogens is 3. The molecule has 2 amide bonds. The van der Waals surface area contributed by atoms with Gasteiger partial charge in [-0.1, -0.05) is 30.2 Å². The average molecular weight is 729 g/mol. The molecular weight excluding hydrogens is 685 g/mol. The molecule has 0 radical (unpaired) electrons. The smallest absolute Gasteiger partial charge is 0.410 e. The van der Waals surface area contributed by atoms with Crippen molar-refractivity contribution in [3.63, 3.8) is 0 Å². The molecule has 0 spiro atoms. The topological polar surface area (TPSA) is 101 Å². The van der Waals surface area contributed by atoms with Crippen LogP contribution in [0.25, 0.3) is 32.9 Å². The molecule has 10 nitrogen and oxygen atoms in total. The summed E-state index contributed by atoms with van der Waals surface area (Å²) in [6, 6.07) is 7.28. The molecule has 2 aliphatic heterocycles. The molecule has 1 aliphatic carbocycles. The number of fused-ring (bicyclic) bond motifs is 3. The quantitative estimate of drug-likeness (QED) is 0.198. The summed E-state index contributed by atoms with van der Waals surface area (Å²) in [5.74, 6) is 1.13. The van der Waals surface area contributed by atoms with Crippen LogP contribution in [0.4, 0.5) is 23.8 Å². The number of carbonyl (C=O) groups excluding carboxylic acids is 2. The third-order valence-corrected chi connectivity index (χ3v) is 11.1. The normalized spacial score (nSPS) is 24.1. The van der Waals surface area contributed by atoms with E-state index in [-0.39, 0.29) is 65.1 Å². The SMILES string of the molecule is C#Cc1c(F)ccc2cccc(-c3ncc4c(N(C)[C@@H]5CCN(C(=O)OC(C)(C)C)[C@@H]5C)nc(OCC56CC(F)CC5CN(C(C)=O)C6)nc4c3F)c12. The minimum absolute atomic E-state index is 0.0102. The molecule has 4 heterocycles. The van der Waals surface area contributed by atoms with E-state index in [1.54, 1.807) is 34.1 Å². The van der Waals surface area contributed by atoms with Crippen molar-refractivity contribution in [3.8, 4) is 29.6 Å². The summed E-state index contributed by atoms with van der Waals surface area (Å²) in [5, 5.41) is 1.24. The summed E-state index contributed by atoms with van der Waals surface area (Å²) in [4.78, 5) is 44.6. The molecule has 53 heavy (non-hydrogen) atoms. The van der Waals surface area contributed by atoms with Crippen molar-refractivity contribution in [1.29, 1.82) is 0 Å². The van der Waals surface area contributed by atoms with E-state index in [1.165, 1.54) is 19.2 Å². The van der Waals surface area contributed by atoms with Crippen LogP contribution in [0.5, 0.6) is 6.01 Å². The number of rotatable bonds is 6. The van der Waals surface area contributed by atoms with Gasteiger partial charge in [-0.3, -0.25) is 9.78 Å². The summed E-state index contributed by atoms with van der Waals surface area (Å²) >= 11 is 0. The van der Waals surface area contributed by atoms with Gasteiger partial charge in [-0.25, -0.2) is 18.0 Å². The highest BCUT2D eigenvalue weighted by Gasteiger charge is 2.54. The van der Waals surface area contributed by atoms with E-state index in [0.29, 0.717) is 54.6 Å². The maximum atomic E-state index is 17.0. The zero-order chi connectivity index (χ0) is 38.0. The van der Waals surface area contributed by atoms with Gasteiger partial charge in [0.05, 0.1) is 29.6 Å². The first-order chi connectivity index (χ1) is 25.1. The number of ether oxygens (including phenoxy) is 2. The van der Waals surface area contributed by atoms with Gasteiger partial charge in [0.2, 0.25) is 5.91 Å². The second kappa shape index (κ2) is 13.4.